The van der Waals surface area contributed by atoms with Crippen molar-refractivity contribution in [3.63, 3.8) is 0 Å². The van der Waals surface area contributed by atoms with Crippen LogP contribution in [0.1, 0.15) is 16.7 Å². The maximum Gasteiger partial charge on any atom is 0.144 e. The fraction of sp³-hybridized carbons (Fsp3) is 0.0833. The average Bonchev–Trinajstić information content (AvgIpc) is 3.01. The second kappa shape index (κ2) is 6.54. The minimum Gasteiger partial charge on any atom is -0.356 e. The molecule has 1 nitrogen and oxygen atoms in total. The van der Waals surface area contributed by atoms with E-state index in [9.17, 15) is 0 Å². The van der Waals surface area contributed by atoms with Crippen molar-refractivity contribution in [3.05, 3.63) is 125 Å². The van der Waals surface area contributed by atoms with Gasteiger partial charge in [-0.1, -0.05) is 97.6 Å². The number of hydrogen-bond acceptors (Lipinski definition) is 1. The Balaban J connectivity index is 1.97. The standard InChI is InChI=1S/C24H20O/c1-19-18-25-24(21-13-7-3-8-14-21,22-15-9-4-10-16-22)23(19)17-20-11-5-2-6-12-20/h2-17H,1,18H2/b23-17+. The molecule has 0 bridgehead atoms. The second-order valence-corrected chi connectivity index (χ2v) is 6.27. The Morgan fingerprint density at radius 2 is 1.20 bits per heavy atom. The van der Waals surface area contributed by atoms with E-state index < -0.39 is 5.60 Å². The molecular weight excluding hydrogens is 304 g/mol. The predicted molar refractivity (Wildman–Crippen MR) is 103 cm³/mol. The fourth-order valence-electron chi connectivity index (χ4n) is 3.51. The van der Waals surface area contributed by atoms with Crippen molar-refractivity contribution in [3.8, 4) is 0 Å². The van der Waals surface area contributed by atoms with Crippen molar-refractivity contribution in [2.75, 3.05) is 6.61 Å². The number of ether oxygens (including phenoxy) is 1. The summed E-state index contributed by atoms with van der Waals surface area (Å²) in [4.78, 5) is 0. The normalized spacial score (nSPS) is 17.8. The lowest BCUT2D eigenvalue weighted by Crippen LogP contribution is -2.28. The van der Waals surface area contributed by atoms with E-state index in [1.165, 1.54) is 0 Å². The third-order valence-corrected chi connectivity index (χ3v) is 4.69. The molecule has 0 atom stereocenters. The van der Waals surface area contributed by atoms with Crippen molar-refractivity contribution in [2.45, 2.75) is 5.60 Å². The van der Waals surface area contributed by atoms with E-state index in [-0.39, 0.29) is 0 Å². The van der Waals surface area contributed by atoms with Crippen LogP contribution in [0.5, 0.6) is 0 Å². The lowest BCUT2D eigenvalue weighted by molar-refractivity contribution is 0.0590. The van der Waals surface area contributed by atoms with E-state index in [4.69, 9.17) is 4.74 Å². The smallest absolute Gasteiger partial charge is 0.144 e. The van der Waals surface area contributed by atoms with Gasteiger partial charge in [-0.2, -0.15) is 0 Å². The number of hydrogen-bond donors (Lipinski definition) is 0. The van der Waals surface area contributed by atoms with Gasteiger partial charge in [-0.25, -0.2) is 0 Å². The quantitative estimate of drug-likeness (QED) is 0.609. The molecular formula is C24H20O. The third kappa shape index (κ3) is 2.73. The summed E-state index contributed by atoms with van der Waals surface area (Å²) in [5.74, 6) is 0. The van der Waals surface area contributed by atoms with Crippen LogP contribution in [0, 0.1) is 0 Å². The third-order valence-electron chi connectivity index (χ3n) is 4.69. The first-order valence-electron chi connectivity index (χ1n) is 8.51. The van der Waals surface area contributed by atoms with Gasteiger partial charge in [0.25, 0.3) is 0 Å². The van der Waals surface area contributed by atoms with Crippen LogP contribution in [0.15, 0.2) is 109 Å². The molecule has 0 radical (unpaired) electrons. The van der Waals surface area contributed by atoms with E-state index in [0.29, 0.717) is 6.61 Å². The SMILES string of the molecule is C=C1COC(c2ccccc2)(c2ccccc2)/C1=C/c1ccccc1. The summed E-state index contributed by atoms with van der Waals surface area (Å²) < 4.78 is 6.44. The lowest BCUT2D eigenvalue weighted by Gasteiger charge is -2.31. The molecule has 1 saturated heterocycles. The number of rotatable bonds is 3. The van der Waals surface area contributed by atoms with Gasteiger partial charge in [0.2, 0.25) is 0 Å². The summed E-state index contributed by atoms with van der Waals surface area (Å²) >= 11 is 0. The van der Waals surface area contributed by atoms with Crippen LogP contribution >= 0.6 is 0 Å². The van der Waals surface area contributed by atoms with E-state index >= 15 is 0 Å². The Morgan fingerprint density at radius 3 is 1.72 bits per heavy atom. The van der Waals surface area contributed by atoms with Crippen LogP contribution < -0.4 is 0 Å². The van der Waals surface area contributed by atoms with Gasteiger partial charge < -0.3 is 4.74 Å². The maximum absolute atomic E-state index is 6.44. The zero-order chi connectivity index (χ0) is 17.1. The zero-order valence-electron chi connectivity index (χ0n) is 14.1. The van der Waals surface area contributed by atoms with Gasteiger partial charge in [0, 0.05) is 0 Å². The largest absolute Gasteiger partial charge is 0.356 e. The van der Waals surface area contributed by atoms with Gasteiger partial charge in [-0.3, -0.25) is 0 Å². The predicted octanol–water partition coefficient (Wildman–Crippen LogP) is 5.60. The van der Waals surface area contributed by atoms with Crippen LogP contribution in [0.25, 0.3) is 6.08 Å². The van der Waals surface area contributed by atoms with Crippen LogP contribution in [-0.4, -0.2) is 6.61 Å². The summed E-state index contributed by atoms with van der Waals surface area (Å²) in [5.41, 5.74) is 4.94. The van der Waals surface area contributed by atoms with Gasteiger partial charge in [0.1, 0.15) is 5.60 Å². The molecule has 0 unspecified atom stereocenters. The highest BCUT2D eigenvalue weighted by Crippen LogP contribution is 2.48. The highest BCUT2D eigenvalue weighted by Gasteiger charge is 2.44. The van der Waals surface area contributed by atoms with Crippen molar-refractivity contribution >= 4 is 6.08 Å². The Morgan fingerprint density at radius 1 is 0.720 bits per heavy atom. The highest BCUT2D eigenvalue weighted by molar-refractivity contribution is 5.67. The van der Waals surface area contributed by atoms with Crippen molar-refractivity contribution in [2.24, 2.45) is 0 Å². The monoisotopic (exact) mass is 324 g/mol. The molecule has 0 N–H and O–H groups in total. The van der Waals surface area contributed by atoms with Gasteiger partial charge in [0.15, 0.2) is 0 Å². The molecule has 1 fully saturated rings. The number of benzene rings is 3. The maximum atomic E-state index is 6.44. The van der Waals surface area contributed by atoms with Crippen LogP contribution in [0.4, 0.5) is 0 Å². The van der Waals surface area contributed by atoms with Gasteiger partial charge >= 0.3 is 0 Å². The molecule has 1 aliphatic heterocycles. The van der Waals surface area contributed by atoms with Gasteiger partial charge in [0.05, 0.1) is 6.61 Å². The van der Waals surface area contributed by atoms with Crippen molar-refractivity contribution < 1.29 is 4.74 Å². The summed E-state index contributed by atoms with van der Waals surface area (Å²) in [7, 11) is 0. The molecule has 25 heavy (non-hydrogen) atoms. The van der Waals surface area contributed by atoms with Crippen LogP contribution in [0.3, 0.4) is 0 Å². The molecule has 1 aliphatic rings. The minimum atomic E-state index is -0.616. The van der Waals surface area contributed by atoms with E-state index in [2.05, 4.69) is 85.5 Å². The second-order valence-electron chi connectivity index (χ2n) is 6.27. The molecule has 0 amide bonds. The molecule has 0 aromatic heterocycles. The summed E-state index contributed by atoms with van der Waals surface area (Å²) in [6.07, 6.45) is 2.20. The topological polar surface area (TPSA) is 9.23 Å². The molecule has 1 heterocycles. The Hall–Kier alpha value is -2.90. The molecule has 3 aromatic rings. The van der Waals surface area contributed by atoms with Crippen LogP contribution in [0.2, 0.25) is 0 Å². The van der Waals surface area contributed by atoms with E-state index in [1.807, 2.05) is 18.2 Å². The lowest BCUT2D eigenvalue weighted by atomic mass is 9.78. The molecule has 3 aromatic carbocycles. The summed E-state index contributed by atoms with van der Waals surface area (Å²) in [6.45, 7) is 4.81. The first-order chi connectivity index (χ1) is 12.3. The van der Waals surface area contributed by atoms with Crippen LogP contribution in [-0.2, 0) is 10.3 Å². The first-order valence-corrected chi connectivity index (χ1v) is 8.51. The Kier molecular flexibility index (Phi) is 4.09. The zero-order valence-corrected chi connectivity index (χ0v) is 14.1. The highest BCUT2D eigenvalue weighted by atomic mass is 16.5. The molecule has 0 aliphatic carbocycles. The van der Waals surface area contributed by atoms with Crippen molar-refractivity contribution in [1.29, 1.82) is 0 Å². The fourth-order valence-corrected chi connectivity index (χ4v) is 3.51. The molecule has 122 valence electrons. The summed E-state index contributed by atoms with van der Waals surface area (Å²) in [6, 6.07) is 31.2. The van der Waals surface area contributed by atoms with E-state index in [0.717, 1.165) is 27.8 Å². The summed E-state index contributed by atoms with van der Waals surface area (Å²) in [5, 5.41) is 0. The Bertz CT molecular complexity index is 853. The van der Waals surface area contributed by atoms with Crippen molar-refractivity contribution in [1.82, 2.24) is 0 Å². The minimum absolute atomic E-state index is 0.530. The first kappa shape index (κ1) is 15.6. The average molecular weight is 324 g/mol. The molecule has 0 saturated carbocycles. The van der Waals surface area contributed by atoms with E-state index in [1.54, 1.807) is 0 Å². The molecule has 4 rings (SSSR count). The Labute approximate surface area is 148 Å². The molecule has 0 spiro atoms. The molecule has 1 heteroatoms. The van der Waals surface area contributed by atoms with Gasteiger partial charge in [-0.05, 0) is 33.9 Å². The van der Waals surface area contributed by atoms with Gasteiger partial charge in [-0.15, -0.1) is 0 Å².